The summed E-state index contributed by atoms with van der Waals surface area (Å²) in [5.74, 6) is -0.0829. The Morgan fingerprint density at radius 3 is 2.46 bits per heavy atom. The van der Waals surface area contributed by atoms with E-state index < -0.39 is 0 Å². The normalized spacial score (nSPS) is 17.6. The van der Waals surface area contributed by atoms with Crippen LogP contribution in [0, 0.1) is 0 Å². The fourth-order valence-corrected chi connectivity index (χ4v) is 4.01. The summed E-state index contributed by atoms with van der Waals surface area (Å²) in [6.07, 6.45) is 14.2. The smallest absolute Gasteiger partial charge is 0.251 e. The molecule has 2 amide bonds. The summed E-state index contributed by atoms with van der Waals surface area (Å²) in [6, 6.07) is 7.44. The number of hydrogen-bond acceptors (Lipinski definition) is 3. The van der Waals surface area contributed by atoms with Gasteiger partial charge in [-0.3, -0.25) is 9.59 Å². The van der Waals surface area contributed by atoms with Crippen LogP contribution in [0.25, 0.3) is 0 Å². The molecule has 28 heavy (non-hydrogen) atoms. The maximum absolute atomic E-state index is 12.3. The lowest BCUT2D eigenvalue weighted by Crippen LogP contribution is -2.36. The molecule has 152 valence electrons. The van der Waals surface area contributed by atoms with Crippen molar-refractivity contribution in [2.75, 3.05) is 18.4 Å². The van der Waals surface area contributed by atoms with Gasteiger partial charge in [0.2, 0.25) is 5.91 Å². The predicted molar refractivity (Wildman–Crippen MR) is 113 cm³/mol. The summed E-state index contributed by atoms with van der Waals surface area (Å²) in [7, 11) is 0. The number of carbonyl (C=O) groups is 2. The molecular formula is C23H33N3O2. The number of carbonyl (C=O) groups excluding carboxylic acids is 2. The van der Waals surface area contributed by atoms with Crippen molar-refractivity contribution in [2.45, 2.75) is 70.3 Å². The van der Waals surface area contributed by atoms with Crippen molar-refractivity contribution in [1.29, 1.82) is 0 Å². The van der Waals surface area contributed by atoms with E-state index in [9.17, 15) is 9.59 Å². The molecule has 0 aliphatic heterocycles. The second kappa shape index (κ2) is 11.0. The minimum Gasteiger partial charge on any atom is -0.349 e. The van der Waals surface area contributed by atoms with E-state index >= 15 is 0 Å². The predicted octanol–water partition coefficient (Wildman–Crippen LogP) is 4.17. The number of benzene rings is 1. The number of amides is 2. The summed E-state index contributed by atoms with van der Waals surface area (Å²) in [4.78, 5) is 24.4. The number of allylic oxidation sites excluding steroid dienone is 1. The van der Waals surface area contributed by atoms with Crippen LogP contribution in [-0.4, -0.2) is 30.9 Å². The van der Waals surface area contributed by atoms with Gasteiger partial charge in [-0.25, -0.2) is 0 Å². The maximum Gasteiger partial charge on any atom is 0.251 e. The topological polar surface area (TPSA) is 70.2 Å². The lowest BCUT2D eigenvalue weighted by Gasteiger charge is -2.22. The molecule has 0 bridgehead atoms. The Morgan fingerprint density at radius 1 is 0.964 bits per heavy atom. The van der Waals surface area contributed by atoms with Gasteiger partial charge in [-0.05, 0) is 75.8 Å². The quantitative estimate of drug-likeness (QED) is 0.466. The van der Waals surface area contributed by atoms with Crippen molar-refractivity contribution in [3.8, 4) is 0 Å². The number of hydrogen-bond donors (Lipinski definition) is 3. The molecule has 0 radical (unpaired) electrons. The Morgan fingerprint density at radius 2 is 1.75 bits per heavy atom. The molecule has 5 heteroatoms. The van der Waals surface area contributed by atoms with Crippen LogP contribution in [0.2, 0.25) is 0 Å². The van der Waals surface area contributed by atoms with Gasteiger partial charge in [-0.2, -0.15) is 0 Å². The minimum atomic E-state index is -0.0583. The van der Waals surface area contributed by atoms with E-state index in [0.29, 0.717) is 18.2 Å². The molecule has 0 atom stereocenters. The molecule has 0 spiro atoms. The van der Waals surface area contributed by atoms with Crippen LogP contribution in [0.15, 0.2) is 35.9 Å². The van der Waals surface area contributed by atoms with E-state index in [0.717, 1.165) is 31.5 Å². The SMILES string of the molecule is O=C(CNCCC1=CCCCC1)Nc1ccc(C(=O)NC2CCCCC2)cc1. The molecule has 1 aromatic carbocycles. The van der Waals surface area contributed by atoms with E-state index in [1.54, 1.807) is 24.3 Å². The van der Waals surface area contributed by atoms with Crippen molar-refractivity contribution >= 4 is 17.5 Å². The molecule has 0 heterocycles. The van der Waals surface area contributed by atoms with Crippen LogP contribution in [0.3, 0.4) is 0 Å². The molecule has 1 saturated carbocycles. The Hall–Kier alpha value is -2.14. The zero-order chi connectivity index (χ0) is 19.6. The Balaban J connectivity index is 1.36. The van der Waals surface area contributed by atoms with Gasteiger partial charge in [-0.1, -0.05) is 30.9 Å². The molecule has 0 saturated heterocycles. The van der Waals surface area contributed by atoms with E-state index in [4.69, 9.17) is 0 Å². The Labute approximate surface area is 168 Å². The van der Waals surface area contributed by atoms with Gasteiger partial charge in [0.05, 0.1) is 6.54 Å². The average molecular weight is 384 g/mol. The van der Waals surface area contributed by atoms with Crippen molar-refractivity contribution in [3.05, 3.63) is 41.5 Å². The van der Waals surface area contributed by atoms with E-state index in [1.807, 2.05) is 0 Å². The lowest BCUT2D eigenvalue weighted by atomic mass is 9.95. The third kappa shape index (κ3) is 6.79. The third-order valence-corrected chi connectivity index (χ3v) is 5.66. The standard InChI is InChI=1S/C23H33N3O2/c27-22(17-24-16-15-18-7-3-1-4-8-18)25-21-13-11-19(12-14-21)23(28)26-20-9-5-2-6-10-20/h7,11-14,20,24H,1-6,8-10,15-17H2,(H,25,27)(H,26,28). The van der Waals surface area contributed by atoms with Gasteiger partial charge in [0.1, 0.15) is 0 Å². The van der Waals surface area contributed by atoms with E-state index in [2.05, 4.69) is 22.0 Å². The summed E-state index contributed by atoms with van der Waals surface area (Å²) in [5.41, 5.74) is 2.87. The highest BCUT2D eigenvalue weighted by molar-refractivity contribution is 5.96. The first-order chi connectivity index (χ1) is 13.7. The second-order valence-corrected chi connectivity index (χ2v) is 7.97. The molecule has 3 N–H and O–H groups in total. The Bertz CT molecular complexity index is 676. The van der Waals surface area contributed by atoms with Gasteiger partial charge >= 0.3 is 0 Å². The third-order valence-electron chi connectivity index (χ3n) is 5.66. The molecule has 0 aromatic heterocycles. The largest absolute Gasteiger partial charge is 0.349 e. The van der Waals surface area contributed by atoms with Crippen molar-refractivity contribution in [1.82, 2.24) is 10.6 Å². The summed E-state index contributed by atoms with van der Waals surface area (Å²) >= 11 is 0. The number of rotatable bonds is 8. The highest BCUT2D eigenvalue weighted by Gasteiger charge is 2.16. The zero-order valence-electron chi connectivity index (χ0n) is 16.8. The van der Waals surface area contributed by atoms with Crippen molar-refractivity contribution < 1.29 is 9.59 Å². The summed E-state index contributed by atoms with van der Waals surface area (Å²) < 4.78 is 0. The average Bonchev–Trinajstić information content (AvgIpc) is 2.73. The molecule has 1 aromatic rings. The summed E-state index contributed by atoms with van der Waals surface area (Å²) in [5, 5.41) is 9.21. The molecule has 0 unspecified atom stereocenters. The van der Waals surface area contributed by atoms with Crippen LogP contribution in [0.5, 0.6) is 0 Å². The Kier molecular flexibility index (Phi) is 8.09. The fraction of sp³-hybridized carbons (Fsp3) is 0.565. The van der Waals surface area contributed by atoms with Gasteiger partial charge in [-0.15, -0.1) is 0 Å². The molecule has 5 nitrogen and oxygen atoms in total. The highest BCUT2D eigenvalue weighted by atomic mass is 16.2. The zero-order valence-corrected chi connectivity index (χ0v) is 16.8. The number of anilines is 1. The van der Waals surface area contributed by atoms with Crippen LogP contribution in [0.1, 0.15) is 74.6 Å². The number of nitrogens with one attached hydrogen (secondary N) is 3. The van der Waals surface area contributed by atoms with E-state index in [-0.39, 0.29) is 11.8 Å². The monoisotopic (exact) mass is 383 g/mol. The van der Waals surface area contributed by atoms with E-state index in [1.165, 1.54) is 50.5 Å². The van der Waals surface area contributed by atoms with Gasteiger partial charge in [0, 0.05) is 17.3 Å². The first-order valence-corrected chi connectivity index (χ1v) is 10.8. The molecule has 2 aliphatic rings. The van der Waals surface area contributed by atoms with Crippen molar-refractivity contribution in [3.63, 3.8) is 0 Å². The van der Waals surface area contributed by atoms with Crippen LogP contribution >= 0.6 is 0 Å². The van der Waals surface area contributed by atoms with Crippen LogP contribution < -0.4 is 16.0 Å². The van der Waals surface area contributed by atoms with Gasteiger partial charge < -0.3 is 16.0 Å². The molecular weight excluding hydrogens is 350 g/mol. The summed E-state index contributed by atoms with van der Waals surface area (Å²) in [6.45, 7) is 1.14. The lowest BCUT2D eigenvalue weighted by molar-refractivity contribution is -0.115. The first-order valence-electron chi connectivity index (χ1n) is 10.8. The van der Waals surface area contributed by atoms with Crippen LogP contribution in [-0.2, 0) is 4.79 Å². The molecule has 3 rings (SSSR count). The van der Waals surface area contributed by atoms with Crippen LogP contribution in [0.4, 0.5) is 5.69 Å². The highest BCUT2D eigenvalue weighted by Crippen LogP contribution is 2.19. The van der Waals surface area contributed by atoms with Gasteiger partial charge in [0.25, 0.3) is 5.91 Å². The minimum absolute atomic E-state index is 0.0246. The second-order valence-electron chi connectivity index (χ2n) is 7.97. The first kappa shape index (κ1) is 20.6. The van der Waals surface area contributed by atoms with Crippen molar-refractivity contribution in [2.24, 2.45) is 0 Å². The fourth-order valence-electron chi connectivity index (χ4n) is 4.01. The molecule has 2 aliphatic carbocycles. The molecule has 1 fully saturated rings. The maximum atomic E-state index is 12.3. The van der Waals surface area contributed by atoms with Gasteiger partial charge in [0.15, 0.2) is 0 Å².